The third-order valence-corrected chi connectivity index (χ3v) is 4.45. The van der Waals surface area contributed by atoms with Crippen molar-refractivity contribution < 1.29 is 9.84 Å². The first-order chi connectivity index (χ1) is 9.02. The van der Waals surface area contributed by atoms with E-state index < -0.39 is 6.10 Å². The molecule has 2 aromatic carbocycles. The Kier molecular flexibility index (Phi) is 5.11. The molecule has 0 bridgehead atoms. The molecular weight excluding hydrogens is 442 g/mol. The third kappa shape index (κ3) is 3.42. The fourth-order valence-electron chi connectivity index (χ4n) is 1.81. The maximum absolute atomic E-state index is 10.6. The van der Waals surface area contributed by atoms with Crippen LogP contribution in [0.4, 0.5) is 0 Å². The molecule has 5 heteroatoms. The zero-order chi connectivity index (χ0) is 14.0. The van der Waals surface area contributed by atoms with E-state index in [4.69, 9.17) is 16.3 Å². The highest BCUT2D eigenvalue weighted by molar-refractivity contribution is 14.1. The molecule has 0 aromatic heterocycles. The number of rotatable bonds is 3. The van der Waals surface area contributed by atoms with Gasteiger partial charge in [0.1, 0.15) is 11.9 Å². The van der Waals surface area contributed by atoms with Gasteiger partial charge in [0.15, 0.2) is 0 Å². The number of benzene rings is 2. The van der Waals surface area contributed by atoms with E-state index in [2.05, 4.69) is 38.5 Å². The van der Waals surface area contributed by atoms with E-state index in [-0.39, 0.29) is 0 Å². The standard InChI is InChI=1S/C14H11BrClIO2/c1-19-13-5-3-9(16)7-11(13)14(18)10-6-8(15)2-4-12(10)17/h2-7,14,18H,1H3. The number of aliphatic hydroxyl groups is 1. The number of ether oxygens (including phenoxy) is 1. The van der Waals surface area contributed by atoms with Gasteiger partial charge >= 0.3 is 0 Å². The van der Waals surface area contributed by atoms with E-state index in [1.165, 1.54) is 0 Å². The van der Waals surface area contributed by atoms with E-state index in [1.54, 1.807) is 25.3 Å². The van der Waals surface area contributed by atoms with Crippen LogP contribution in [-0.2, 0) is 0 Å². The van der Waals surface area contributed by atoms with Gasteiger partial charge in [0.25, 0.3) is 0 Å². The van der Waals surface area contributed by atoms with Crippen LogP contribution in [-0.4, -0.2) is 12.2 Å². The van der Waals surface area contributed by atoms with Gasteiger partial charge in [-0.25, -0.2) is 0 Å². The first kappa shape index (κ1) is 15.1. The molecule has 100 valence electrons. The lowest BCUT2D eigenvalue weighted by Crippen LogP contribution is -2.04. The minimum absolute atomic E-state index is 0.569. The summed E-state index contributed by atoms with van der Waals surface area (Å²) in [5.74, 6) is 0.618. The predicted octanol–water partition coefficient (Wildman–Crippen LogP) is 4.80. The first-order valence-electron chi connectivity index (χ1n) is 5.49. The molecule has 1 N–H and O–H groups in total. The van der Waals surface area contributed by atoms with Crippen LogP contribution in [0, 0.1) is 3.57 Å². The van der Waals surface area contributed by atoms with Crippen LogP contribution in [0.2, 0.25) is 5.02 Å². The van der Waals surface area contributed by atoms with E-state index >= 15 is 0 Å². The number of methoxy groups -OCH3 is 1. The van der Waals surface area contributed by atoms with Crippen LogP contribution in [0.15, 0.2) is 40.9 Å². The lowest BCUT2D eigenvalue weighted by atomic mass is 10.0. The van der Waals surface area contributed by atoms with Crippen molar-refractivity contribution in [2.24, 2.45) is 0 Å². The molecule has 2 nitrogen and oxygen atoms in total. The maximum Gasteiger partial charge on any atom is 0.125 e. The van der Waals surface area contributed by atoms with Crippen LogP contribution in [0.3, 0.4) is 0 Å². The minimum atomic E-state index is -0.780. The molecule has 1 unspecified atom stereocenters. The summed E-state index contributed by atoms with van der Waals surface area (Å²) in [4.78, 5) is 0. The van der Waals surface area contributed by atoms with Crippen molar-refractivity contribution >= 4 is 50.1 Å². The van der Waals surface area contributed by atoms with Crippen molar-refractivity contribution in [2.45, 2.75) is 6.10 Å². The normalized spacial score (nSPS) is 12.3. The third-order valence-electron chi connectivity index (χ3n) is 2.74. The molecule has 0 aliphatic heterocycles. The summed E-state index contributed by atoms with van der Waals surface area (Å²) in [7, 11) is 1.57. The smallest absolute Gasteiger partial charge is 0.125 e. The lowest BCUT2D eigenvalue weighted by Gasteiger charge is -2.17. The highest BCUT2D eigenvalue weighted by atomic mass is 127. The van der Waals surface area contributed by atoms with Crippen molar-refractivity contribution in [3.8, 4) is 5.75 Å². The second-order valence-electron chi connectivity index (χ2n) is 3.95. The Morgan fingerprint density at radius 3 is 2.63 bits per heavy atom. The van der Waals surface area contributed by atoms with Crippen molar-refractivity contribution in [1.82, 2.24) is 0 Å². The Hall–Kier alpha value is -0.300. The SMILES string of the molecule is COc1ccc(Cl)cc1C(O)c1cc(Br)ccc1I. The van der Waals surface area contributed by atoms with E-state index in [1.807, 2.05) is 18.2 Å². The molecule has 2 aromatic rings. The fourth-order valence-corrected chi connectivity index (χ4v) is 3.00. The second-order valence-corrected chi connectivity index (χ2v) is 6.47. The molecule has 0 radical (unpaired) electrons. The van der Waals surface area contributed by atoms with Gasteiger partial charge in [0, 0.05) is 18.6 Å². The molecule has 0 saturated heterocycles. The molecule has 2 rings (SSSR count). The first-order valence-corrected chi connectivity index (χ1v) is 7.74. The van der Waals surface area contributed by atoms with Crippen molar-refractivity contribution in [2.75, 3.05) is 7.11 Å². The number of aliphatic hydroxyl groups excluding tert-OH is 1. The van der Waals surface area contributed by atoms with Crippen LogP contribution >= 0.6 is 50.1 Å². The molecule has 0 saturated carbocycles. The molecule has 0 fully saturated rings. The summed E-state index contributed by atoms with van der Waals surface area (Å²) in [6, 6.07) is 11.0. The molecular formula is C14H11BrClIO2. The van der Waals surface area contributed by atoms with Crippen LogP contribution in [0.25, 0.3) is 0 Å². The van der Waals surface area contributed by atoms with E-state index in [0.717, 1.165) is 13.6 Å². The van der Waals surface area contributed by atoms with Gasteiger partial charge < -0.3 is 9.84 Å². The largest absolute Gasteiger partial charge is 0.496 e. The number of halogens is 3. The quantitative estimate of drug-likeness (QED) is 0.677. The summed E-state index contributed by atoms with van der Waals surface area (Å²) in [5, 5.41) is 11.1. The topological polar surface area (TPSA) is 29.5 Å². The zero-order valence-electron chi connectivity index (χ0n) is 10.0. The molecule has 0 spiro atoms. The van der Waals surface area contributed by atoms with Gasteiger partial charge in [-0.1, -0.05) is 27.5 Å². The van der Waals surface area contributed by atoms with Gasteiger partial charge in [0.05, 0.1) is 7.11 Å². The average molecular weight is 454 g/mol. The zero-order valence-corrected chi connectivity index (χ0v) is 14.5. The Morgan fingerprint density at radius 2 is 1.95 bits per heavy atom. The van der Waals surface area contributed by atoms with Crippen LogP contribution in [0.5, 0.6) is 5.75 Å². The van der Waals surface area contributed by atoms with Crippen molar-refractivity contribution in [3.05, 3.63) is 60.6 Å². The molecule has 19 heavy (non-hydrogen) atoms. The van der Waals surface area contributed by atoms with Gasteiger partial charge in [0.2, 0.25) is 0 Å². The number of hydrogen-bond acceptors (Lipinski definition) is 2. The molecule has 0 heterocycles. The average Bonchev–Trinajstić information content (AvgIpc) is 2.40. The highest BCUT2D eigenvalue weighted by Crippen LogP contribution is 2.35. The summed E-state index contributed by atoms with van der Waals surface area (Å²) in [6.45, 7) is 0. The summed E-state index contributed by atoms with van der Waals surface area (Å²) in [5.41, 5.74) is 1.47. The van der Waals surface area contributed by atoms with Crippen molar-refractivity contribution in [1.29, 1.82) is 0 Å². The Labute approximate surface area is 139 Å². The fraction of sp³-hybridized carbons (Fsp3) is 0.143. The van der Waals surface area contributed by atoms with E-state index in [9.17, 15) is 5.11 Å². The van der Waals surface area contributed by atoms with Gasteiger partial charge in [-0.2, -0.15) is 0 Å². The highest BCUT2D eigenvalue weighted by Gasteiger charge is 2.18. The van der Waals surface area contributed by atoms with Gasteiger partial charge in [-0.05, 0) is 64.6 Å². The number of hydrogen-bond donors (Lipinski definition) is 1. The van der Waals surface area contributed by atoms with Crippen LogP contribution < -0.4 is 4.74 Å². The summed E-state index contributed by atoms with van der Waals surface area (Å²) < 4.78 is 7.18. The summed E-state index contributed by atoms with van der Waals surface area (Å²) in [6.07, 6.45) is -0.780. The second kappa shape index (κ2) is 6.43. The maximum atomic E-state index is 10.6. The Balaban J connectivity index is 2.51. The van der Waals surface area contributed by atoms with Crippen LogP contribution in [0.1, 0.15) is 17.2 Å². The van der Waals surface area contributed by atoms with E-state index in [0.29, 0.717) is 16.3 Å². The molecule has 0 aliphatic carbocycles. The molecule has 1 atom stereocenters. The van der Waals surface area contributed by atoms with Gasteiger partial charge in [-0.15, -0.1) is 0 Å². The Morgan fingerprint density at radius 1 is 1.21 bits per heavy atom. The molecule has 0 aliphatic rings. The Bertz CT molecular complexity index is 604. The lowest BCUT2D eigenvalue weighted by molar-refractivity contribution is 0.214. The predicted molar refractivity (Wildman–Crippen MR) is 88.9 cm³/mol. The van der Waals surface area contributed by atoms with Crippen molar-refractivity contribution in [3.63, 3.8) is 0 Å². The molecule has 0 amide bonds. The monoisotopic (exact) mass is 452 g/mol. The van der Waals surface area contributed by atoms with Gasteiger partial charge in [-0.3, -0.25) is 0 Å². The minimum Gasteiger partial charge on any atom is -0.496 e. The summed E-state index contributed by atoms with van der Waals surface area (Å²) >= 11 is 11.6.